The van der Waals surface area contributed by atoms with Crippen LogP contribution in [0, 0.1) is 6.92 Å². The van der Waals surface area contributed by atoms with Gasteiger partial charge in [0.25, 0.3) is 0 Å². The third kappa shape index (κ3) is 5.03. The molecule has 0 aliphatic rings. The minimum atomic E-state index is 0.588. The maximum absolute atomic E-state index is 5.45. The van der Waals surface area contributed by atoms with Crippen LogP contribution in [-0.2, 0) is 0 Å². The minimum absolute atomic E-state index is 0.588. The monoisotopic (exact) mass is 266 g/mol. The Labute approximate surface area is 116 Å². The number of anilines is 1. The molecule has 1 aromatic rings. The van der Waals surface area contributed by atoms with Gasteiger partial charge in [0.05, 0.1) is 12.2 Å². The van der Waals surface area contributed by atoms with E-state index < -0.39 is 0 Å². The molecule has 0 saturated heterocycles. The van der Waals surface area contributed by atoms with E-state index in [1.807, 2.05) is 13.8 Å². The smallest absolute Gasteiger partial charge is 0.221 e. The Kier molecular flexibility index (Phi) is 6.56. The highest BCUT2D eigenvalue weighted by Crippen LogP contribution is 2.19. The Morgan fingerprint density at radius 3 is 2.74 bits per heavy atom. The standard InChI is InChI=1S/C14H26N4O/c1-6-19-14-12(4)13(16-10-17-14)15-8-7-9-18(5)11(2)3/h10-11H,6-9H2,1-5H3,(H,15,16,17). The predicted molar refractivity (Wildman–Crippen MR) is 78.8 cm³/mol. The average Bonchev–Trinajstić information content (AvgIpc) is 2.38. The first kappa shape index (κ1) is 15.7. The van der Waals surface area contributed by atoms with Crippen molar-refractivity contribution >= 4 is 5.82 Å². The number of hydrogen-bond acceptors (Lipinski definition) is 5. The molecule has 1 rings (SSSR count). The molecule has 108 valence electrons. The summed E-state index contributed by atoms with van der Waals surface area (Å²) in [5, 5.41) is 3.35. The second-order valence-electron chi connectivity index (χ2n) is 4.94. The normalized spacial score (nSPS) is 11.1. The molecule has 0 saturated carbocycles. The summed E-state index contributed by atoms with van der Waals surface area (Å²) in [6, 6.07) is 0.588. The third-order valence-corrected chi connectivity index (χ3v) is 3.18. The van der Waals surface area contributed by atoms with Crippen molar-refractivity contribution in [3.63, 3.8) is 0 Å². The van der Waals surface area contributed by atoms with Gasteiger partial charge in [-0.05, 0) is 47.7 Å². The first-order valence-electron chi connectivity index (χ1n) is 6.94. The van der Waals surface area contributed by atoms with Gasteiger partial charge < -0.3 is 15.0 Å². The summed E-state index contributed by atoms with van der Waals surface area (Å²) in [4.78, 5) is 10.7. The molecular formula is C14H26N4O. The molecule has 0 fully saturated rings. The van der Waals surface area contributed by atoms with Crippen molar-refractivity contribution in [3.8, 4) is 5.88 Å². The molecule has 19 heavy (non-hydrogen) atoms. The van der Waals surface area contributed by atoms with Gasteiger partial charge in [-0.1, -0.05) is 0 Å². The Hall–Kier alpha value is -1.36. The summed E-state index contributed by atoms with van der Waals surface area (Å²) < 4.78 is 5.45. The van der Waals surface area contributed by atoms with Crippen molar-refractivity contribution in [1.82, 2.24) is 14.9 Å². The number of rotatable bonds is 8. The lowest BCUT2D eigenvalue weighted by atomic mass is 10.3. The van der Waals surface area contributed by atoms with Crippen molar-refractivity contribution in [2.24, 2.45) is 0 Å². The van der Waals surface area contributed by atoms with Gasteiger partial charge >= 0.3 is 0 Å². The molecule has 1 aromatic heterocycles. The van der Waals surface area contributed by atoms with E-state index >= 15 is 0 Å². The zero-order chi connectivity index (χ0) is 14.3. The van der Waals surface area contributed by atoms with Crippen LogP contribution in [0.1, 0.15) is 32.8 Å². The van der Waals surface area contributed by atoms with E-state index in [0.29, 0.717) is 18.5 Å². The van der Waals surface area contributed by atoms with Crippen molar-refractivity contribution in [3.05, 3.63) is 11.9 Å². The van der Waals surface area contributed by atoms with E-state index in [0.717, 1.165) is 30.9 Å². The Morgan fingerprint density at radius 2 is 2.11 bits per heavy atom. The van der Waals surface area contributed by atoms with Crippen molar-refractivity contribution < 1.29 is 4.74 Å². The molecule has 0 aliphatic carbocycles. The molecule has 0 unspecified atom stereocenters. The summed E-state index contributed by atoms with van der Waals surface area (Å²) in [5.74, 6) is 1.53. The van der Waals surface area contributed by atoms with Crippen molar-refractivity contribution in [2.45, 2.75) is 40.2 Å². The molecule has 0 aliphatic heterocycles. The van der Waals surface area contributed by atoms with Crippen LogP contribution in [0.5, 0.6) is 5.88 Å². The van der Waals surface area contributed by atoms with Gasteiger partial charge in [-0.2, -0.15) is 0 Å². The van der Waals surface area contributed by atoms with E-state index in [1.165, 1.54) is 0 Å². The summed E-state index contributed by atoms with van der Waals surface area (Å²) in [7, 11) is 2.15. The number of nitrogens with zero attached hydrogens (tertiary/aromatic N) is 3. The quantitative estimate of drug-likeness (QED) is 0.732. The highest BCUT2D eigenvalue weighted by Gasteiger charge is 2.07. The number of aromatic nitrogens is 2. The number of nitrogens with one attached hydrogen (secondary N) is 1. The third-order valence-electron chi connectivity index (χ3n) is 3.18. The fourth-order valence-corrected chi connectivity index (χ4v) is 1.69. The first-order chi connectivity index (χ1) is 9.06. The Bertz CT molecular complexity index is 382. The zero-order valence-electron chi connectivity index (χ0n) is 12.7. The second kappa shape index (κ2) is 7.94. The number of ether oxygens (including phenoxy) is 1. The molecule has 0 bridgehead atoms. The molecule has 0 radical (unpaired) electrons. The average molecular weight is 266 g/mol. The molecule has 0 atom stereocenters. The predicted octanol–water partition coefficient (Wildman–Crippen LogP) is 2.33. The van der Waals surface area contributed by atoms with Gasteiger partial charge in [0.2, 0.25) is 5.88 Å². The Morgan fingerprint density at radius 1 is 1.37 bits per heavy atom. The SMILES string of the molecule is CCOc1ncnc(NCCCN(C)C(C)C)c1C. The van der Waals surface area contributed by atoms with E-state index in [1.54, 1.807) is 6.33 Å². The second-order valence-corrected chi connectivity index (χ2v) is 4.94. The lowest BCUT2D eigenvalue weighted by Crippen LogP contribution is -2.28. The van der Waals surface area contributed by atoms with E-state index in [2.05, 4.69) is 41.1 Å². The van der Waals surface area contributed by atoms with Gasteiger partial charge in [-0.25, -0.2) is 9.97 Å². The van der Waals surface area contributed by atoms with E-state index in [9.17, 15) is 0 Å². The van der Waals surface area contributed by atoms with Crippen LogP contribution in [0.4, 0.5) is 5.82 Å². The summed E-state index contributed by atoms with van der Waals surface area (Å²) >= 11 is 0. The lowest BCUT2D eigenvalue weighted by Gasteiger charge is -2.21. The van der Waals surface area contributed by atoms with Crippen LogP contribution < -0.4 is 10.1 Å². The molecule has 1 N–H and O–H groups in total. The fourth-order valence-electron chi connectivity index (χ4n) is 1.69. The molecule has 0 amide bonds. The van der Waals surface area contributed by atoms with Gasteiger partial charge in [0, 0.05) is 12.6 Å². The molecule has 5 heteroatoms. The molecule has 5 nitrogen and oxygen atoms in total. The lowest BCUT2D eigenvalue weighted by molar-refractivity contribution is 0.273. The maximum atomic E-state index is 5.45. The van der Waals surface area contributed by atoms with Gasteiger partial charge in [-0.15, -0.1) is 0 Å². The van der Waals surface area contributed by atoms with Crippen molar-refractivity contribution in [2.75, 3.05) is 32.1 Å². The van der Waals surface area contributed by atoms with Gasteiger partial charge in [0.1, 0.15) is 12.1 Å². The van der Waals surface area contributed by atoms with Crippen LogP contribution in [0.25, 0.3) is 0 Å². The highest BCUT2D eigenvalue weighted by molar-refractivity contribution is 5.47. The molecular weight excluding hydrogens is 240 g/mol. The van der Waals surface area contributed by atoms with Crippen LogP contribution >= 0.6 is 0 Å². The summed E-state index contributed by atoms with van der Waals surface area (Å²) in [6.07, 6.45) is 2.63. The zero-order valence-corrected chi connectivity index (χ0v) is 12.7. The summed E-state index contributed by atoms with van der Waals surface area (Å²) in [5.41, 5.74) is 0.974. The minimum Gasteiger partial charge on any atom is -0.478 e. The number of hydrogen-bond donors (Lipinski definition) is 1. The van der Waals surface area contributed by atoms with Crippen LogP contribution in [0.15, 0.2) is 6.33 Å². The van der Waals surface area contributed by atoms with Gasteiger partial charge in [-0.3, -0.25) is 0 Å². The van der Waals surface area contributed by atoms with Crippen LogP contribution in [0.3, 0.4) is 0 Å². The fraction of sp³-hybridized carbons (Fsp3) is 0.714. The summed E-state index contributed by atoms with van der Waals surface area (Å²) in [6.45, 7) is 10.9. The molecule has 0 aromatic carbocycles. The molecule has 0 spiro atoms. The van der Waals surface area contributed by atoms with E-state index in [-0.39, 0.29) is 0 Å². The topological polar surface area (TPSA) is 50.3 Å². The van der Waals surface area contributed by atoms with Gasteiger partial charge in [0.15, 0.2) is 0 Å². The molecule has 1 heterocycles. The maximum Gasteiger partial charge on any atom is 0.221 e. The highest BCUT2D eigenvalue weighted by atomic mass is 16.5. The van der Waals surface area contributed by atoms with Crippen molar-refractivity contribution in [1.29, 1.82) is 0 Å². The first-order valence-corrected chi connectivity index (χ1v) is 6.94. The van der Waals surface area contributed by atoms with Crippen LogP contribution in [-0.4, -0.2) is 47.7 Å². The largest absolute Gasteiger partial charge is 0.478 e. The van der Waals surface area contributed by atoms with E-state index in [4.69, 9.17) is 4.74 Å². The van der Waals surface area contributed by atoms with Crippen LogP contribution in [0.2, 0.25) is 0 Å². The Balaban J connectivity index is 2.43.